The summed E-state index contributed by atoms with van der Waals surface area (Å²) in [5.74, 6) is -1.30. The van der Waals surface area contributed by atoms with Gasteiger partial charge >= 0.3 is 5.97 Å². The van der Waals surface area contributed by atoms with Crippen molar-refractivity contribution in [3.8, 4) is 11.1 Å². The molecule has 0 unspecified atom stereocenters. The van der Waals surface area contributed by atoms with E-state index in [2.05, 4.69) is 29.7 Å². The fraction of sp³-hybridized carbons (Fsp3) is 0.286. The monoisotopic (exact) mass is 476 g/mol. The molecule has 1 fully saturated rings. The van der Waals surface area contributed by atoms with E-state index in [4.69, 9.17) is 11.6 Å². The molecule has 0 aliphatic heterocycles. The number of carbonyl (C=O) groups excluding carboxylic acids is 1. The zero-order valence-corrected chi connectivity index (χ0v) is 20.6. The van der Waals surface area contributed by atoms with E-state index in [0.717, 1.165) is 44.1 Å². The number of amides is 1. The molecule has 3 aromatic rings. The normalized spacial score (nSPS) is 14.9. The fourth-order valence-corrected chi connectivity index (χ4v) is 4.46. The standard InChI is InChI=1S/C28H29ClN2O3/c1-16-12-20(8-9-24(16)29)19(4)30-23-7-5-6-21(15-23)22-13-17(2)25(18(3)14-22)26(32)31-28(10-11-28)27(33)34/h5-9,12-15,19,30H,10-11H2,1-4H3,(H,31,32)(H,33,34)/t19-/m1/s1. The second-order valence-electron chi connectivity index (χ2n) is 9.28. The smallest absolute Gasteiger partial charge is 0.329 e. The third kappa shape index (κ3) is 4.80. The van der Waals surface area contributed by atoms with E-state index in [0.29, 0.717) is 18.4 Å². The number of anilines is 1. The van der Waals surface area contributed by atoms with Crippen LogP contribution in [0, 0.1) is 20.8 Å². The van der Waals surface area contributed by atoms with Gasteiger partial charge in [-0.15, -0.1) is 0 Å². The van der Waals surface area contributed by atoms with Gasteiger partial charge in [-0.2, -0.15) is 0 Å². The molecule has 0 aromatic heterocycles. The predicted molar refractivity (Wildman–Crippen MR) is 137 cm³/mol. The van der Waals surface area contributed by atoms with E-state index in [9.17, 15) is 14.7 Å². The topological polar surface area (TPSA) is 78.4 Å². The highest BCUT2D eigenvalue weighted by Gasteiger charge is 2.51. The zero-order chi connectivity index (χ0) is 24.6. The van der Waals surface area contributed by atoms with Gasteiger partial charge in [0.1, 0.15) is 5.54 Å². The lowest BCUT2D eigenvalue weighted by Gasteiger charge is -2.18. The van der Waals surface area contributed by atoms with Crippen LogP contribution in [0.2, 0.25) is 5.02 Å². The maximum absolute atomic E-state index is 12.9. The summed E-state index contributed by atoms with van der Waals surface area (Å²) in [5, 5.41) is 16.4. The van der Waals surface area contributed by atoms with Gasteiger partial charge in [-0.25, -0.2) is 4.79 Å². The van der Waals surface area contributed by atoms with E-state index in [-0.39, 0.29) is 11.9 Å². The van der Waals surface area contributed by atoms with Gasteiger partial charge in [0, 0.05) is 22.3 Å². The minimum atomic E-state index is -1.10. The number of aliphatic carboxylic acids is 1. The number of carboxylic acid groups (broad SMARTS) is 1. The second kappa shape index (κ2) is 9.15. The van der Waals surface area contributed by atoms with E-state index in [1.54, 1.807) is 0 Å². The highest BCUT2D eigenvalue weighted by molar-refractivity contribution is 6.31. The summed E-state index contributed by atoms with van der Waals surface area (Å²) in [6, 6.07) is 18.3. The van der Waals surface area contributed by atoms with Crippen molar-refractivity contribution in [3.05, 3.63) is 87.4 Å². The third-order valence-electron chi connectivity index (χ3n) is 6.53. The SMILES string of the molecule is Cc1cc([C@@H](C)Nc2cccc(-c3cc(C)c(C(=O)NC4(C(=O)O)CC4)c(C)c3)c2)ccc1Cl. The van der Waals surface area contributed by atoms with Gasteiger partial charge in [0.05, 0.1) is 0 Å². The van der Waals surface area contributed by atoms with Crippen LogP contribution < -0.4 is 10.6 Å². The number of hydrogen-bond acceptors (Lipinski definition) is 3. The van der Waals surface area contributed by atoms with Crippen molar-refractivity contribution in [3.63, 3.8) is 0 Å². The molecule has 1 amide bonds. The van der Waals surface area contributed by atoms with Crippen molar-refractivity contribution >= 4 is 29.2 Å². The Balaban J connectivity index is 1.55. The molecule has 1 atom stereocenters. The number of aryl methyl sites for hydroxylation is 3. The number of hydrogen-bond donors (Lipinski definition) is 3. The van der Waals surface area contributed by atoms with Crippen LogP contribution in [0.3, 0.4) is 0 Å². The molecule has 6 heteroatoms. The van der Waals surface area contributed by atoms with Crippen LogP contribution in [-0.4, -0.2) is 22.5 Å². The predicted octanol–water partition coefficient (Wildman–Crippen LogP) is 6.45. The van der Waals surface area contributed by atoms with Gasteiger partial charge in [-0.1, -0.05) is 48.0 Å². The van der Waals surface area contributed by atoms with Crippen molar-refractivity contribution in [2.24, 2.45) is 0 Å². The number of nitrogens with one attached hydrogen (secondary N) is 2. The lowest BCUT2D eigenvalue weighted by Crippen LogP contribution is -2.43. The van der Waals surface area contributed by atoms with Gasteiger partial charge in [-0.05, 0) is 92.1 Å². The van der Waals surface area contributed by atoms with Gasteiger partial charge in [0.25, 0.3) is 5.91 Å². The lowest BCUT2D eigenvalue weighted by molar-refractivity contribution is -0.140. The Morgan fingerprint density at radius 1 is 0.941 bits per heavy atom. The summed E-state index contributed by atoms with van der Waals surface area (Å²) in [4.78, 5) is 24.3. The molecular weight excluding hydrogens is 448 g/mol. The summed E-state index contributed by atoms with van der Waals surface area (Å²) in [7, 11) is 0. The Morgan fingerprint density at radius 2 is 1.62 bits per heavy atom. The first kappa shape index (κ1) is 23.8. The first-order valence-electron chi connectivity index (χ1n) is 11.4. The number of carboxylic acids is 1. The molecule has 5 nitrogen and oxygen atoms in total. The van der Waals surface area contributed by atoms with E-state index in [1.807, 2.05) is 63.2 Å². The Labute approximate surface area is 205 Å². The van der Waals surface area contributed by atoms with Crippen molar-refractivity contribution in [1.29, 1.82) is 0 Å². The van der Waals surface area contributed by atoms with Gasteiger partial charge in [0.2, 0.25) is 0 Å². The van der Waals surface area contributed by atoms with E-state index in [1.165, 1.54) is 0 Å². The average Bonchev–Trinajstić information content (AvgIpc) is 3.56. The second-order valence-corrected chi connectivity index (χ2v) is 9.69. The summed E-state index contributed by atoms with van der Waals surface area (Å²) < 4.78 is 0. The van der Waals surface area contributed by atoms with Crippen LogP contribution in [0.5, 0.6) is 0 Å². The zero-order valence-electron chi connectivity index (χ0n) is 19.8. The number of halogens is 1. The van der Waals surface area contributed by atoms with Crippen LogP contribution >= 0.6 is 11.6 Å². The molecular formula is C28H29ClN2O3. The van der Waals surface area contributed by atoms with E-state index >= 15 is 0 Å². The molecule has 0 radical (unpaired) electrons. The van der Waals surface area contributed by atoms with Crippen LogP contribution in [0.15, 0.2) is 54.6 Å². The minimum Gasteiger partial charge on any atom is -0.480 e. The van der Waals surface area contributed by atoms with Crippen LogP contribution in [-0.2, 0) is 4.79 Å². The maximum atomic E-state index is 12.9. The molecule has 4 rings (SSSR count). The highest BCUT2D eigenvalue weighted by Crippen LogP contribution is 2.36. The molecule has 0 heterocycles. The van der Waals surface area contributed by atoms with Gasteiger partial charge in [0.15, 0.2) is 0 Å². The van der Waals surface area contributed by atoms with Crippen molar-refractivity contribution < 1.29 is 14.7 Å². The van der Waals surface area contributed by atoms with Gasteiger partial charge < -0.3 is 15.7 Å². The Hall–Kier alpha value is -3.31. The molecule has 3 N–H and O–H groups in total. The molecule has 1 saturated carbocycles. The molecule has 0 saturated heterocycles. The Morgan fingerprint density at radius 3 is 2.21 bits per heavy atom. The summed E-state index contributed by atoms with van der Waals surface area (Å²) in [6.07, 6.45) is 0.941. The van der Waals surface area contributed by atoms with Crippen LogP contribution in [0.4, 0.5) is 5.69 Å². The Kier molecular flexibility index (Phi) is 6.41. The van der Waals surface area contributed by atoms with Crippen LogP contribution in [0.1, 0.15) is 58.4 Å². The molecule has 1 aliphatic carbocycles. The molecule has 1 aliphatic rings. The highest BCUT2D eigenvalue weighted by atomic mass is 35.5. The lowest BCUT2D eigenvalue weighted by atomic mass is 9.94. The largest absolute Gasteiger partial charge is 0.480 e. The summed E-state index contributed by atoms with van der Waals surface area (Å²) in [6.45, 7) is 7.89. The van der Waals surface area contributed by atoms with Crippen molar-refractivity contribution in [2.75, 3.05) is 5.32 Å². The average molecular weight is 477 g/mol. The molecule has 176 valence electrons. The van der Waals surface area contributed by atoms with Crippen molar-refractivity contribution in [1.82, 2.24) is 5.32 Å². The quantitative estimate of drug-likeness (QED) is 0.366. The van der Waals surface area contributed by atoms with Crippen molar-refractivity contribution in [2.45, 2.75) is 52.1 Å². The van der Waals surface area contributed by atoms with E-state index < -0.39 is 11.5 Å². The molecule has 0 spiro atoms. The summed E-state index contributed by atoms with van der Waals surface area (Å²) >= 11 is 6.17. The number of rotatable bonds is 7. The van der Waals surface area contributed by atoms with Crippen LogP contribution in [0.25, 0.3) is 11.1 Å². The maximum Gasteiger partial charge on any atom is 0.329 e. The minimum absolute atomic E-state index is 0.102. The van der Waals surface area contributed by atoms with Gasteiger partial charge in [-0.3, -0.25) is 4.79 Å². The summed E-state index contributed by atoms with van der Waals surface area (Å²) in [5.41, 5.74) is 6.31. The molecule has 34 heavy (non-hydrogen) atoms. The fourth-order valence-electron chi connectivity index (χ4n) is 4.34. The third-order valence-corrected chi connectivity index (χ3v) is 6.96. The first-order valence-corrected chi connectivity index (χ1v) is 11.8. The number of carbonyl (C=O) groups is 2. The Bertz CT molecular complexity index is 1260. The molecule has 0 bridgehead atoms. The number of benzene rings is 3. The first-order chi connectivity index (χ1) is 16.1. The molecule has 3 aromatic carbocycles.